The van der Waals surface area contributed by atoms with Crippen LogP contribution in [-0.2, 0) is 5.75 Å². The number of hydrogen-bond acceptors (Lipinski definition) is 5. The first-order valence-corrected chi connectivity index (χ1v) is 7.44. The Balaban J connectivity index is 1.87. The van der Waals surface area contributed by atoms with Crippen molar-refractivity contribution in [3.63, 3.8) is 0 Å². The van der Waals surface area contributed by atoms with Gasteiger partial charge in [0.05, 0.1) is 5.69 Å². The van der Waals surface area contributed by atoms with E-state index < -0.39 is 0 Å². The Morgan fingerprint density at radius 3 is 2.90 bits per heavy atom. The van der Waals surface area contributed by atoms with E-state index in [1.807, 2.05) is 25.1 Å². The Bertz CT molecular complexity index is 842. The van der Waals surface area contributed by atoms with Crippen molar-refractivity contribution >= 4 is 23.2 Å². The second kappa shape index (κ2) is 5.57. The Hall–Kier alpha value is -2.34. The van der Waals surface area contributed by atoms with Crippen LogP contribution in [-0.4, -0.2) is 14.4 Å². The predicted octanol–water partition coefficient (Wildman–Crippen LogP) is 2.27. The first kappa shape index (κ1) is 13.6. The van der Waals surface area contributed by atoms with Crippen LogP contribution in [0.4, 0.5) is 5.82 Å². The first-order valence-electron chi connectivity index (χ1n) is 6.45. The van der Waals surface area contributed by atoms with Gasteiger partial charge < -0.3 is 5.73 Å². The van der Waals surface area contributed by atoms with Gasteiger partial charge in [-0.1, -0.05) is 0 Å². The average Bonchev–Trinajstić information content (AvgIpc) is 2.46. The molecule has 6 heteroatoms. The molecule has 0 aliphatic rings. The largest absolute Gasteiger partial charge is 0.384 e. The number of anilines is 1. The van der Waals surface area contributed by atoms with Crippen molar-refractivity contribution in [1.29, 1.82) is 0 Å². The smallest absolute Gasteiger partial charge is 0.258 e. The summed E-state index contributed by atoms with van der Waals surface area (Å²) in [6, 6.07) is 9.03. The summed E-state index contributed by atoms with van der Waals surface area (Å²) < 4.78 is 1.55. The lowest BCUT2D eigenvalue weighted by Crippen LogP contribution is -2.15. The minimum absolute atomic E-state index is 0.0639. The molecule has 0 amide bonds. The van der Waals surface area contributed by atoms with E-state index in [-0.39, 0.29) is 5.56 Å². The number of thioether (sulfide) groups is 1. The van der Waals surface area contributed by atoms with Gasteiger partial charge in [0.1, 0.15) is 11.5 Å². The molecule has 0 aliphatic heterocycles. The quantitative estimate of drug-likeness (QED) is 0.751. The minimum Gasteiger partial charge on any atom is -0.384 e. The van der Waals surface area contributed by atoms with Crippen molar-refractivity contribution in [2.24, 2.45) is 0 Å². The van der Waals surface area contributed by atoms with E-state index in [9.17, 15) is 4.79 Å². The van der Waals surface area contributed by atoms with Crippen LogP contribution in [0.1, 0.15) is 11.3 Å². The number of nitrogens with zero attached hydrogens (tertiary/aromatic N) is 3. The number of rotatable bonds is 3. The van der Waals surface area contributed by atoms with Crippen LogP contribution in [0.5, 0.6) is 0 Å². The highest BCUT2D eigenvalue weighted by molar-refractivity contribution is 7.98. The van der Waals surface area contributed by atoms with Gasteiger partial charge in [-0.25, -0.2) is 9.97 Å². The molecule has 0 radical (unpaired) electrons. The SMILES string of the molecule is Cc1ccn2c(=O)cc(CSc3ccc(N)nc3)nc2c1. The fraction of sp³-hybridized carbons (Fsp3) is 0.133. The molecule has 3 aromatic rings. The summed E-state index contributed by atoms with van der Waals surface area (Å²) in [5.74, 6) is 1.11. The van der Waals surface area contributed by atoms with E-state index in [2.05, 4.69) is 9.97 Å². The zero-order valence-electron chi connectivity index (χ0n) is 11.5. The molecular formula is C15H14N4OS. The van der Waals surface area contributed by atoms with Crippen molar-refractivity contribution in [2.45, 2.75) is 17.6 Å². The van der Waals surface area contributed by atoms with Gasteiger partial charge in [0.2, 0.25) is 0 Å². The van der Waals surface area contributed by atoms with Crippen molar-refractivity contribution in [1.82, 2.24) is 14.4 Å². The molecule has 0 spiro atoms. The molecule has 0 fully saturated rings. The lowest BCUT2D eigenvalue weighted by Gasteiger charge is -2.05. The highest BCUT2D eigenvalue weighted by Crippen LogP contribution is 2.21. The van der Waals surface area contributed by atoms with E-state index >= 15 is 0 Å². The van der Waals surface area contributed by atoms with Gasteiger partial charge in [-0.2, -0.15) is 0 Å². The van der Waals surface area contributed by atoms with Crippen LogP contribution >= 0.6 is 11.8 Å². The maximum atomic E-state index is 12.1. The molecule has 0 saturated heterocycles. The maximum absolute atomic E-state index is 12.1. The third kappa shape index (κ3) is 3.05. The molecule has 21 heavy (non-hydrogen) atoms. The van der Waals surface area contributed by atoms with Gasteiger partial charge in [-0.3, -0.25) is 9.20 Å². The Kier molecular flexibility index (Phi) is 3.62. The zero-order valence-corrected chi connectivity index (χ0v) is 12.3. The van der Waals surface area contributed by atoms with E-state index in [1.165, 1.54) is 0 Å². The second-order valence-corrected chi connectivity index (χ2v) is 5.77. The van der Waals surface area contributed by atoms with Crippen molar-refractivity contribution in [3.8, 4) is 0 Å². The number of fused-ring (bicyclic) bond motifs is 1. The van der Waals surface area contributed by atoms with Gasteiger partial charge >= 0.3 is 0 Å². The van der Waals surface area contributed by atoms with Gasteiger partial charge in [-0.15, -0.1) is 11.8 Å². The molecule has 0 atom stereocenters. The molecule has 0 saturated carbocycles. The van der Waals surface area contributed by atoms with Gasteiger partial charge in [0.15, 0.2) is 0 Å². The van der Waals surface area contributed by atoms with E-state index in [0.717, 1.165) is 16.2 Å². The third-order valence-electron chi connectivity index (χ3n) is 3.02. The molecule has 0 unspecified atom stereocenters. The number of nitrogen functional groups attached to an aromatic ring is 1. The standard InChI is InChI=1S/C15H14N4OS/c1-10-4-5-19-14(6-10)18-11(7-15(19)20)9-21-12-2-3-13(16)17-8-12/h2-8H,9H2,1H3,(H2,16,17). The summed E-state index contributed by atoms with van der Waals surface area (Å²) in [4.78, 5) is 21.6. The van der Waals surface area contributed by atoms with E-state index in [0.29, 0.717) is 17.2 Å². The maximum Gasteiger partial charge on any atom is 0.258 e. The first-order chi connectivity index (χ1) is 10.1. The lowest BCUT2D eigenvalue weighted by atomic mass is 10.3. The van der Waals surface area contributed by atoms with Crippen LogP contribution in [0.2, 0.25) is 0 Å². The number of pyridine rings is 2. The molecule has 106 valence electrons. The predicted molar refractivity (Wildman–Crippen MR) is 84.4 cm³/mol. The number of hydrogen-bond donors (Lipinski definition) is 1. The summed E-state index contributed by atoms with van der Waals surface area (Å²) in [6.07, 6.45) is 3.47. The molecular weight excluding hydrogens is 284 g/mol. The molecule has 3 aromatic heterocycles. The summed E-state index contributed by atoms with van der Waals surface area (Å²) in [6.45, 7) is 1.98. The van der Waals surface area contributed by atoms with Gasteiger partial charge in [-0.05, 0) is 36.8 Å². The topological polar surface area (TPSA) is 73.3 Å². The van der Waals surface area contributed by atoms with Crippen molar-refractivity contribution in [3.05, 3.63) is 64.3 Å². The summed E-state index contributed by atoms with van der Waals surface area (Å²) >= 11 is 1.57. The van der Waals surface area contributed by atoms with Crippen LogP contribution in [0.15, 0.2) is 52.4 Å². The number of aryl methyl sites for hydroxylation is 1. The Labute approximate surface area is 125 Å². The number of aromatic nitrogens is 3. The lowest BCUT2D eigenvalue weighted by molar-refractivity contribution is 1.01. The monoisotopic (exact) mass is 298 g/mol. The van der Waals surface area contributed by atoms with E-state index in [4.69, 9.17) is 5.73 Å². The third-order valence-corrected chi connectivity index (χ3v) is 4.04. The van der Waals surface area contributed by atoms with Gasteiger partial charge in [0.25, 0.3) is 5.56 Å². The fourth-order valence-corrected chi connectivity index (χ4v) is 2.72. The molecule has 3 heterocycles. The molecule has 0 aromatic carbocycles. The summed E-state index contributed by atoms with van der Waals surface area (Å²) in [7, 11) is 0. The van der Waals surface area contributed by atoms with Crippen molar-refractivity contribution < 1.29 is 0 Å². The molecule has 2 N–H and O–H groups in total. The molecule has 0 aliphatic carbocycles. The van der Waals surface area contributed by atoms with E-state index in [1.54, 1.807) is 40.7 Å². The second-order valence-electron chi connectivity index (χ2n) is 4.73. The highest BCUT2D eigenvalue weighted by Gasteiger charge is 2.04. The minimum atomic E-state index is -0.0639. The number of nitrogens with two attached hydrogens (primary N) is 1. The van der Waals surface area contributed by atoms with Crippen molar-refractivity contribution in [2.75, 3.05) is 5.73 Å². The Morgan fingerprint density at radius 2 is 2.14 bits per heavy atom. The fourth-order valence-electron chi connectivity index (χ4n) is 1.96. The highest BCUT2D eigenvalue weighted by atomic mass is 32.2. The van der Waals surface area contributed by atoms with Crippen LogP contribution in [0.25, 0.3) is 5.65 Å². The summed E-state index contributed by atoms with van der Waals surface area (Å²) in [5.41, 5.74) is 8.00. The van der Waals surface area contributed by atoms with Crippen LogP contribution in [0, 0.1) is 6.92 Å². The molecule has 3 rings (SSSR count). The Morgan fingerprint density at radius 1 is 1.29 bits per heavy atom. The van der Waals surface area contributed by atoms with Crippen LogP contribution in [0.3, 0.4) is 0 Å². The van der Waals surface area contributed by atoms with Crippen LogP contribution < -0.4 is 11.3 Å². The summed E-state index contributed by atoms with van der Waals surface area (Å²) in [5, 5.41) is 0. The molecule has 0 bridgehead atoms. The molecule has 5 nitrogen and oxygen atoms in total. The normalized spacial score (nSPS) is 10.9. The zero-order chi connectivity index (χ0) is 14.8. The average molecular weight is 298 g/mol. The van der Waals surface area contributed by atoms with Gasteiger partial charge in [0, 0.05) is 29.1 Å².